The van der Waals surface area contributed by atoms with Crippen LogP contribution in [0.3, 0.4) is 0 Å². The topological polar surface area (TPSA) is 81.3 Å². The van der Waals surface area contributed by atoms with Crippen molar-refractivity contribution >= 4 is 21.8 Å². The standard InChI is InChI=1S/C25H25F3N4O3/c1-14(15-5-7-29-8-6-15)34-22-12-20-18(11-21(22)33-2)24(31-13-30-20)35-17-3-4-19-16(9-17)10-23(32-19)25(26,27)28/h3-4,9-15,29,32H,5-8H2,1-2H3. The highest BCUT2D eigenvalue weighted by molar-refractivity contribution is 5.87. The number of nitrogens with zero attached hydrogens (tertiary/aromatic N) is 2. The summed E-state index contributed by atoms with van der Waals surface area (Å²) in [5, 5.41) is 4.34. The van der Waals surface area contributed by atoms with Crippen LogP contribution in [0.15, 0.2) is 42.7 Å². The van der Waals surface area contributed by atoms with Gasteiger partial charge in [-0.1, -0.05) is 0 Å². The molecule has 1 aliphatic heterocycles. The highest BCUT2D eigenvalue weighted by atomic mass is 19.4. The molecule has 0 aliphatic carbocycles. The van der Waals surface area contributed by atoms with E-state index < -0.39 is 11.9 Å². The summed E-state index contributed by atoms with van der Waals surface area (Å²) in [7, 11) is 1.56. The molecule has 0 spiro atoms. The Bertz CT molecular complexity index is 1350. The quantitative estimate of drug-likeness (QED) is 0.364. The Morgan fingerprint density at radius 3 is 2.57 bits per heavy atom. The Balaban J connectivity index is 1.44. The fourth-order valence-corrected chi connectivity index (χ4v) is 4.42. The lowest BCUT2D eigenvalue weighted by Gasteiger charge is -2.29. The molecule has 0 amide bonds. The summed E-state index contributed by atoms with van der Waals surface area (Å²) in [4.78, 5) is 11.0. The number of ether oxygens (including phenoxy) is 3. The lowest BCUT2D eigenvalue weighted by atomic mass is 9.93. The molecule has 5 rings (SSSR count). The number of benzene rings is 2. The van der Waals surface area contributed by atoms with Gasteiger partial charge in [0.05, 0.1) is 24.1 Å². The molecule has 3 heterocycles. The van der Waals surface area contributed by atoms with E-state index in [0.717, 1.165) is 32.0 Å². The van der Waals surface area contributed by atoms with Crippen molar-refractivity contribution in [2.45, 2.75) is 32.0 Å². The number of aromatic nitrogens is 3. The van der Waals surface area contributed by atoms with Crippen molar-refractivity contribution < 1.29 is 27.4 Å². The minimum Gasteiger partial charge on any atom is -0.493 e. The molecule has 0 bridgehead atoms. The molecular formula is C25H25F3N4O3. The van der Waals surface area contributed by atoms with Gasteiger partial charge >= 0.3 is 6.18 Å². The van der Waals surface area contributed by atoms with Gasteiger partial charge in [0.1, 0.15) is 17.8 Å². The molecule has 35 heavy (non-hydrogen) atoms. The van der Waals surface area contributed by atoms with E-state index in [1.54, 1.807) is 25.3 Å². The first-order valence-electron chi connectivity index (χ1n) is 11.4. The molecule has 1 unspecified atom stereocenters. The molecular weight excluding hydrogens is 461 g/mol. The molecule has 2 N–H and O–H groups in total. The maximum atomic E-state index is 13.0. The number of nitrogens with one attached hydrogen (secondary N) is 2. The number of fused-ring (bicyclic) bond motifs is 2. The molecule has 184 valence electrons. The SMILES string of the molecule is COc1cc2c(Oc3ccc4[nH]c(C(F)(F)F)cc4c3)ncnc2cc1OC(C)C1CCNCC1. The number of H-pyrrole nitrogens is 1. The summed E-state index contributed by atoms with van der Waals surface area (Å²) in [6.07, 6.45) is -0.971. The van der Waals surface area contributed by atoms with Gasteiger partial charge in [-0.15, -0.1) is 0 Å². The second-order valence-electron chi connectivity index (χ2n) is 8.64. The van der Waals surface area contributed by atoms with Gasteiger partial charge in [-0.3, -0.25) is 0 Å². The van der Waals surface area contributed by atoms with Crippen LogP contribution in [0.4, 0.5) is 13.2 Å². The third-order valence-electron chi connectivity index (χ3n) is 6.36. The van der Waals surface area contributed by atoms with E-state index in [-0.39, 0.29) is 12.0 Å². The highest BCUT2D eigenvalue weighted by Gasteiger charge is 2.32. The first-order chi connectivity index (χ1) is 16.8. The number of hydrogen-bond donors (Lipinski definition) is 2. The average molecular weight is 486 g/mol. The van der Waals surface area contributed by atoms with E-state index >= 15 is 0 Å². The molecule has 1 aliphatic rings. The van der Waals surface area contributed by atoms with Crippen molar-refractivity contribution in [1.82, 2.24) is 20.3 Å². The summed E-state index contributed by atoms with van der Waals surface area (Å²) in [6, 6.07) is 9.26. The Labute approximate surface area is 199 Å². The first-order valence-corrected chi connectivity index (χ1v) is 11.4. The fraction of sp³-hybridized carbons (Fsp3) is 0.360. The molecule has 0 radical (unpaired) electrons. The molecule has 1 fully saturated rings. The van der Waals surface area contributed by atoms with Gasteiger partial charge in [-0.2, -0.15) is 13.2 Å². The summed E-state index contributed by atoms with van der Waals surface area (Å²) in [5.41, 5.74) is 0.155. The van der Waals surface area contributed by atoms with Crippen molar-refractivity contribution in [1.29, 1.82) is 0 Å². The smallest absolute Gasteiger partial charge is 0.431 e. The number of rotatable bonds is 6. The minimum absolute atomic E-state index is 0.00988. The summed E-state index contributed by atoms with van der Waals surface area (Å²) in [6.45, 7) is 4.02. The number of piperidine rings is 1. The van der Waals surface area contributed by atoms with E-state index in [1.165, 1.54) is 18.5 Å². The number of aromatic amines is 1. The van der Waals surface area contributed by atoms with E-state index in [9.17, 15) is 13.2 Å². The summed E-state index contributed by atoms with van der Waals surface area (Å²) < 4.78 is 56.9. The van der Waals surface area contributed by atoms with Crippen LogP contribution in [-0.4, -0.2) is 41.3 Å². The Kier molecular flexibility index (Phi) is 6.14. The number of halogens is 3. The van der Waals surface area contributed by atoms with E-state index in [0.29, 0.717) is 45.0 Å². The Morgan fingerprint density at radius 1 is 1.03 bits per heavy atom. The molecule has 10 heteroatoms. The van der Waals surface area contributed by atoms with Crippen molar-refractivity contribution in [3.8, 4) is 23.1 Å². The second kappa shape index (κ2) is 9.26. The van der Waals surface area contributed by atoms with E-state index in [2.05, 4.69) is 27.2 Å². The lowest BCUT2D eigenvalue weighted by Crippen LogP contribution is -2.35. The van der Waals surface area contributed by atoms with Crippen LogP contribution in [0.5, 0.6) is 23.1 Å². The van der Waals surface area contributed by atoms with Gasteiger partial charge in [0.15, 0.2) is 11.5 Å². The predicted molar refractivity (Wildman–Crippen MR) is 125 cm³/mol. The Hall–Kier alpha value is -3.53. The molecule has 2 aromatic heterocycles. The highest BCUT2D eigenvalue weighted by Crippen LogP contribution is 2.38. The number of hydrogen-bond acceptors (Lipinski definition) is 6. The van der Waals surface area contributed by atoms with Crippen LogP contribution in [0.25, 0.3) is 21.8 Å². The summed E-state index contributed by atoms with van der Waals surface area (Å²) in [5.74, 6) is 2.17. The lowest BCUT2D eigenvalue weighted by molar-refractivity contribution is -0.140. The predicted octanol–water partition coefficient (Wildman–Crippen LogP) is 5.70. The van der Waals surface area contributed by atoms with Gasteiger partial charge in [0.25, 0.3) is 0 Å². The van der Waals surface area contributed by atoms with Crippen molar-refractivity contribution in [3.63, 3.8) is 0 Å². The minimum atomic E-state index is -4.45. The van der Waals surface area contributed by atoms with Gasteiger partial charge in [0, 0.05) is 17.0 Å². The molecule has 1 atom stereocenters. The van der Waals surface area contributed by atoms with Gasteiger partial charge in [-0.25, -0.2) is 9.97 Å². The third kappa shape index (κ3) is 4.84. The zero-order chi connectivity index (χ0) is 24.6. The van der Waals surface area contributed by atoms with Crippen LogP contribution in [0.2, 0.25) is 0 Å². The van der Waals surface area contributed by atoms with Crippen LogP contribution in [-0.2, 0) is 6.18 Å². The zero-order valence-corrected chi connectivity index (χ0v) is 19.3. The molecule has 2 aromatic carbocycles. The number of alkyl halides is 3. The van der Waals surface area contributed by atoms with Gasteiger partial charge < -0.3 is 24.5 Å². The summed E-state index contributed by atoms with van der Waals surface area (Å²) >= 11 is 0. The van der Waals surface area contributed by atoms with E-state index in [4.69, 9.17) is 14.2 Å². The zero-order valence-electron chi connectivity index (χ0n) is 19.3. The molecule has 1 saturated heterocycles. The van der Waals surface area contributed by atoms with Crippen LogP contribution >= 0.6 is 0 Å². The molecule has 0 saturated carbocycles. The molecule has 7 nitrogen and oxygen atoms in total. The van der Waals surface area contributed by atoms with Crippen molar-refractivity contribution in [2.75, 3.05) is 20.2 Å². The van der Waals surface area contributed by atoms with E-state index in [1.807, 2.05) is 0 Å². The first kappa shape index (κ1) is 23.2. The van der Waals surface area contributed by atoms with Gasteiger partial charge in [0.2, 0.25) is 5.88 Å². The average Bonchev–Trinajstić information content (AvgIpc) is 3.29. The fourth-order valence-electron chi connectivity index (χ4n) is 4.42. The van der Waals surface area contributed by atoms with Crippen LogP contribution < -0.4 is 19.5 Å². The molecule has 4 aromatic rings. The van der Waals surface area contributed by atoms with Crippen LogP contribution in [0, 0.1) is 5.92 Å². The monoisotopic (exact) mass is 486 g/mol. The van der Waals surface area contributed by atoms with Crippen LogP contribution in [0.1, 0.15) is 25.5 Å². The maximum Gasteiger partial charge on any atom is 0.431 e. The number of methoxy groups -OCH3 is 1. The normalized spacial score (nSPS) is 15.9. The second-order valence-corrected chi connectivity index (χ2v) is 8.64. The van der Waals surface area contributed by atoms with Gasteiger partial charge in [-0.05, 0) is 69.1 Å². The maximum absolute atomic E-state index is 13.0. The third-order valence-corrected chi connectivity index (χ3v) is 6.36. The largest absolute Gasteiger partial charge is 0.493 e. The van der Waals surface area contributed by atoms with Crippen molar-refractivity contribution in [3.05, 3.63) is 48.4 Å². The Morgan fingerprint density at radius 2 is 1.83 bits per heavy atom. The van der Waals surface area contributed by atoms with Crippen molar-refractivity contribution in [2.24, 2.45) is 5.92 Å².